The highest BCUT2D eigenvalue weighted by Gasteiger charge is 2.29. The second kappa shape index (κ2) is 8.64. The van der Waals surface area contributed by atoms with Crippen LogP contribution in [-0.2, 0) is 12.2 Å². The van der Waals surface area contributed by atoms with Gasteiger partial charge in [-0.05, 0) is 67.5 Å². The molecule has 7 heteroatoms. The van der Waals surface area contributed by atoms with E-state index in [1.165, 1.54) is 12.1 Å². The quantitative estimate of drug-likeness (QED) is 0.335. The normalized spacial score (nSPS) is 18.0. The minimum absolute atomic E-state index is 0.0731. The molecule has 1 aromatic rings. The molecule has 0 heterocycles. The lowest BCUT2D eigenvalue weighted by molar-refractivity contribution is 0.104. The van der Waals surface area contributed by atoms with E-state index in [-0.39, 0.29) is 11.0 Å². The number of aliphatic imine (C=N–C) groups is 1. The molecule has 154 valence electrons. The molecule has 0 bridgehead atoms. The third-order valence-electron chi connectivity index (χ3n) is 4.90. The summed E-state index contributed by atoms with van der Waals surface area (Å²) in [4.78, 5) is 4.84. The smallest absolute Gasteiger partial charge is 0.283 e. The molecule has 28 heavy (non-hydrogen) atoms. The van der Waals surface area contributed by atoms with E-state index in [4.69, 9.17) is 10.7 Å². The largest absolute Gasteiger partial charge is 0.402 e. The van der Waals surface area contributed by atoms with Gasteiger partial charge >= 0.3 is 0 Å². The third kappa shape index (κ3) is 5.88. The number of nitrogens with zero attached hydrogens (tertiary/aromatic N) is 2. The van der Waals surface area contributed by atoms with Gasteiger partial charge in [0.2, 0.25) is 0 Å². The van der Waals surface area contributed by atoms with Crippen LogP contribution in [0.1, 0.15) is 51.2 Å². The Labute approximate surface area is 174 Å². The fraction of sp³-hybridized carbons (Fsp3) is 0.476. The lowest BCUT2D eigenvalue weighted by Crippen LogP contribution is -2.25. The molecule has 3 nitrogen and oxygen atoms in total. The molecule has 0 aromatic heterocycles. The van der Waals surface area contributed by atoms with E-state index >= 15 is 0 Å². The first-order valence-corrected chi connectivity index (χ1v) is 10.2. The summed E-state index contributed by atoms with van der Waals surface area (Å²) < 4.78 is 29.2. The Balaban J connectivity index is 2.59. The minimum Gasteiger partial charge on any atom is -0.402 e. The number of rotatable bonds is 6. The standard InChI is InChI=1S/C21H30F2N3PS/c1-13(2)19(16-11-20(3,4)9-8-17(16)24)25-18-7-6-15(21(22,23)27)10-14(18)12-26(5)28/h6-7,10,28H,1,8-9,11-12,24,27H2,2-5H3. The van der Waals surface area contributed by atoms with Crippen LogP contribution in [0, 0.1) is 5.41 Å². The summed E-state index contributed by atoms with van der Waals surface area (Å²) in [7, 11) is 3.35. The summed E-state index contributed by atoms with van der Waals surface area (Å²) in [5.74, 6) is 0. The summed E-state index contributed by atoms with van der Waals surface area (Å²) >= 11 is 4.28. The SMILES string of the molecule is C=C(C)C(=Nc1ccc(C(F)(F)P)cc1CN(C)S)C1=C(N)CCC(C)(C)C1. The van der Waals surface area contributed by atoms with Crippen molar-refractivity contribution in [3.8, 4) is 0 Å². The summed E-state index contributed by atoms with van der Waals surface area (Å²) in [5, 5.41) is 0. The van der Waals surface area contributed by atoms with Crippen LogP contribution in [0.2, 0.25) is 0 Å². The molecule has 0 aliphatic heterocycles. The zero-order valence-corrected chi connectivity index (χ0v) is 19.1. The summed E-state index contributed by atoms with van der Waals surface area (Å²) in [6.07, 6.45) is 2.66. The van der Waals surface area contributed by atoms with E-state index in [9.17, 15) is 8.78 Å². The van der Waals surface area contributed by atoms with E-state index in [0.717, 1.165) is 41.8 Å². The molecule has 1 unspecified atom stereocenters. The molecule has 0 fully saturated rings. The van der Waals surface area contributed by atoms with Crippen LogP contribution in [0.4, 0.5) is 14.5 Å². The van der Waals surface area contributed by atoms with Crippen LogP contribution >= 0.6 is 22.1 Å². The molecule has 1 aromatic carbocycles. The predicted octanol–water partition coefficient (Wildman–Crippen LogP) is 5.96. The second-order valence-corrected chi connectivity index (χ2v) is 9.78. The van der Waals surface area contributed by atoms with Crippen molar-refractivity contribution in [2.45, 2.75) is 52.2 Å². The summed E-state index contributed by atoms with van der Waals surface area (Å²) in [5.41, 5.74) is 8.09. The molecule has 0 saturated heterocycles. The lowest BCUT2D eigenvalue weighted by Gasteiger charge is -2.32. The van der Waals surface area contributed by atoms with Crippen molar-refractivity contribution in [1.29, 1.82) is 0 Å². The highest BCUT2D eigenvalue weighted by atomic mass is 32.1. The van der Waals surface area contributed by atoms with E-state index < -0.39 is 5.66 Å². The van der Waals surface area contributed by atoms with Crippen molar-refractivity contribution in [1.82, 2.24) is 4.31 Å². The molecular formula is C21H30F2N3PS. The van der Waals surface area contributed by atoms with Crippen LogP contribution in [0.15, 0.2) is 46.6 Å². The number of alkyl halides is 2. The van der Waals surface area contributed by atoms with Crippen molar-refractivity contribution in [3.63, 3.8) is 0 Å². The van der Waals surface area contributed by atoms with E-state index in [1.807, 2.05) is 6.92 Å². The maximum Gasteiger partial charge on any atom is 0.283 e. The number of hydrogen-bond donors (Lipinski definition) is 2. The fourth-order valence-corrected chi connectivity index (χ4v) is 3.69. The Bertz CT molecular complexity index is 823. The van der Waals surface area contributed by atoms with Gasteiger partial charge in [0.05, 0.1) is 11.4 Å². The van der Waals surface area contributed by atoms with Crippen molar-refractivity contribution in [3.05, 3.63) is 52.7 Å². The number of allylic oxidation sites excluding steroid dienone is 3. The summed E-state index contributed by atoms with van der Waals surface area (Å²) in [6.45, 7) is 10.8. The van der Waals surface area contributed by atoms with Gasteiger partial charge < -0.3 is 5.73 Å². The molecule has 0 amide bonds. The molecule has 1 aliphatic carbocycles. The van der Waals surface area contributed by atoms with Crippen LogP contribution in [-0.4, -0.2) is 17.1 Å². The van der Waals surface area contributed by atoms with Gasteiger partial charge in [-0.1, -0.05) is 48.5 Å². The van der Waals surface area contributed by atoms with Crippen molar-refractivity contribution in [2.24, 2.45) is 16.1 Å². The van der Waals surface area contributed by atoms with Gasteiger partial charge in [0.15, 0.2) is 0 Å². The Hall–Kier alpha value is -1.23. The van der Waals surface area contributed by atoms with Crippen LogP contribution in [0.25, 0.3) is 0 Å². The highest BCUT2D eigenvalue weighted by Crippen LogP contribution is 2.40. The van der Waals surface area contributed by atoms with Crippen molar-refractivity contribution in [2.75, 3.05) is 7.05 Å². The maximum absolute atomic E-state index is 13.8. The van der Waals surface area contributed by atoms with Gasteiger partial charge in [-0.2, -0.15) is 8.78 Å². The summed E-state index contributed by atoms with van der Waals surface area (Å²) in [6, 6.07) is 4.52. The minimum atomic E-state index is -3.00. The predicted molar refractivity (Wildman–Crippen MR) is 121 cm³/mol. The van der Waals surface area contributed by atoms with Gasteiger partial charge in [-0.25, -0.2) is 4.99 Å². The maximum atomic E-state index is 13.8. The number of halogens is 2. The first-order chi connectivity index (χ1) is 12.8. The highest BCUT2D eigenvalue weighted by molar-refractivity contribution is 7.77. The van der Waals surface area contributed by atoms with E-state index in [1.54, 1.807) is 26.7 Å². The van der Waals surface area contributed by atoms with Gasteiger partial charge in [-0.3, -0.25) is 4.31 Å². The third-order valence-corrected chi connectivity index (χ3v) is 5.37. The fourth-order valence-electron chi connectivity index (χ4n) is 3.36. The van der Waals surface area contributed by atoms with Gasteiger partial charge in [0.25, 0.3) is 5.66 Å². The average molecular weight is 426 g/mol. The van der Waals surface area contributed by atoms with E-state index in [0.29, 0.717) is 17.8 Å². The zero-order valence-electron chi connectivity index (χ0n) is 17.0. The molecule has 1 aliphatic rings. The van der Waals surface area contributed by atoms with Gasteiger partial charge in [0.1, 0.15) is 0 Å². The monoisotopic (exact) mass is 425 g/mol. The van der Waals surface area contributed by atoms with E-state index in [2.05, 4.69) is 33.2 Å². The Morgan fingerprint density at radius 2 is 2.07 bits per heavy atom. The lowest BCUT2D eigenvalue weighted by atomic mass is 9.74. The van der Waals surface area contributed by atoms with Crippen LogP contribution in [0.5, 0.6) is 0 Å². The first-order valence-electron chi connectivity index (χ1n) is 9.23. The van der Waals surface area contributed by atoms with Crippen LogP contribution < -0.4 is 5.73 Å². The first kappa shape index (κ1) is 23.1. The Morgan fingerprint density at radius 3 is 2.61 bits per heavy atom. The van der Waals surface area contributed by atoms with Gasteiger partial charge in [0, 0.05) is 17.8 Å². The molecule has 2 rings (SSSR count). The topological polar surface area (TPSA) is 41.6 Å². The molecule has 0 radical (unpaired) electrons. The number of thiol groups is 1. The zero-order chi connectivity index (χ0) is 21.3. The van der Waals surface area contributed by atoms with Crippen LogP contribution in [0.3, 0.4) is 0 Å². The number of hydrogen-bond acceptors (Lipinski definition) is 4. The molecule has 0 spiro atoms. The Morgan fingerprint density at radius 1 is 1.43 bits per heavy atom. The molecule has 1 atom stereocenters. The number of benzene rings is 1. The van der Waals surface area contributed by atoms with Gasteiger partial charge in [-0.15, -0.1) is 0 Å². The number of nitrogens with two attached hydrogens (primary N) is 1. The molecule has 2 N–H and O–H groups in total. The van der Waals surface area contributed by atoms with Crippen molar-refractivity contribution >= 4 is 33.5 Å². The molecular weight excluding hydrogens is 395 g/mol. The second-order valence-electron chi connectivity index (χ2n) is 8.37. The Kier molecular flexibility index (Phi) is 7.12. The average Bonchev–Trinajstić information content (AvgIpc) is 2.54. The molecule has 0 saturated carbocycles. The van der Waals surface area contributed by atoms with Crippen molar-refractivity contribution < 1.29 is 8.78 Å².